The molecule has 1 aromatic heterocycles. The van der Waals surface area contributed by atoms with E-state index >= 15 is 0 Å². The van der Waals surface area contributed by atoms with Gasteiger partial charge in [-0.05, 0) is 30.2 Å². The van der Waals surface area contributed by atoms with Crippen LogP contribution < -0.4 is 5.32 Å². The van der Waals surface area contributed by atoms with E-state index in [4.69, 9.17) is 4.74 Å². The Morgan fingerprint density at radius 2 is 1.96 bits per heavy atom. The monoisotopic (exact) mass is 438 g/mol. The van der Waals surface area contributed by atoms with Gasteiger partial charge in [-0.2, -0.15) is 4.31 Å². The maximum atomic E-state index is 12.7. The van der Waals surface area contributed by atoms with Gasteiger partial charge in [-0.1, -0.05) is 18.2 Å². The molecule has 0 unspecified atom stereocenters. The number of hydrogen-bond acceptors (Lipinski definition) is 6. The fraction of sp³-hybridized carbons (Fsp3) is 0.421. The van der Waals surface area contributed by atoms with Gasteiger partial charge in [0, 0.05) is 28.6 Å². The van der Waals surface area contributed by atoms with Gasteiger partial charge in [0.2, 0.25) is 5.91 Å². The Balaban J connectivity index is 1.41. The van der Waals surface area contributed by atoms with Crippen molar-refractivity contribution < 1.29 is 17.9 Å². The van der Waals surface area contributed by atoms with Crippen LogP contribution in [0.4, 0.5) is 0 Å². The van der Waals surface area contributed by atoms with E-state index in [0.717, 1.165) is 22.6 Å². The number of nitrogens with one attached hydrogen (secondary N) is 1. The molecule has 0 aliphatic carbocycles. The summed E-state index contributed by atoms with van der Waals surface area (Å²) in [5, 5.41) is 3.11. The summed E-state index contributed by atoms with van der Waals surface area (Å²) >= 11 is 2.99. The Kier molecular flexibility index (Phi) is 6.07. The quantitative estimate of drug-likeness (QED) is 0.777. The summed E-state index contributed by atoms with van der Waals surface area (Å²) < 4.78 is 32.4. The van der Waals surface area contributed by atoms with Crippen LogP contribution >= 0.6 is 23.1 Å². The SMILES string of the molecule is O=C(Cc1ccc(S(=O)(=O)N2CCOCC2)s1)N[C@@H]1CCSc2ccccc21. The van der Waals surface area contributed by atoms with Gasteiger partial charge >= 0.3 is 0 Å². The zero-order valence-corrected chi connectivity index (χ0v) is 17.7. The number of benzene rings is 1. The van der Waals surface area contributed by atoms with E-state index in [1.54, 1.807) is 12.1 Å². The molecule has 0 radical (unpaired) electrons. The maximum Gasteiger partial charge on any atom is 0.252 e. The molecule has 9 heteroatoms. The minimum absolute atomic E-state index is 0.0152. The summed E-state index contributed by atoms with van der Waals surface area (Å²) in [6.45, 7) is 1.58. The summed E-state index contributed by atoms with van der Waals surface area (Å²) in [5.74, 6) is 0.895. The van der Waals surface area contributed by atoms with Gasteiger partial charge in [0.05, 0.1) is 25.7 Å². The Bertz CT molecular complexity index is 952. The molecule has 0 bridgehead atoms. The van der Waals surface area contributed by atoms with Crippen molar-refractivity contribution >= 4 is 39.0 Å². The summed E-state index contributed by atoms with van der Waals surface area (Å²) in [6, 6.07) is 11.5. The highest BCUT2D eigenvalue weighted by molar-refractivity contribution is 7.99. The molecule has 6 nitrogen and oxygen atoms in total. The van der Waals surface area contributed by atoms with E-state index in [-0.39, 0.29) is 22.6 Å². The van der Waals surface area contributed by atoms with E-state index in [1.165, 1.54) is 20.5 Å². The number of ether oxygens (including phenoxy) is 1. The smallest absolute Gasteiger partial charge is 0.252 e. The first-order chi connectivity index (χ1) is 13.5. The Hall–Kier alpha value is -1.39. The van der Waals surface area contributed by atoms with Crippen LogP contribution in [0.5, 0.6) is 0 Å². The Labute approximate surface area is 173 Å². The average molecular weight is 439 g/mol. The van der Waals surface area contributed by atoms with Crippen LogP contribution in [-0.2, 0) is 26.0 Å². The first kappa shape index (κ1) is 19.9. The maximum absolute atomic E-state index is 12.7. The van der Waals surface area contributed by atoms with E-state index in [1.807, 2.05) is 23.9 Å². The van der Waals surface area contributed by atoms with Gasteiger partial charge in [0.25, 0.3) is 10.0 Å². The van der Waals surface area contributed by atoms with Crippen molar-refractivity contribution in [3.05, 3.63) is 46.8 Å². The van der Waals surface area contributed by atoms with E-state index in [2.05, 4.69) is 17.4 Å². The van der Waals surface area contributed by atoms with E-state index < -0.39 is 10.0 Å². The molecule has 28 heavy (non-hydrogen) atoms. The minimum atomic E-state index is -3.51. The molecule has 150 valence electrons. The third-order valence-electron chi connectivity index (χ3n) is 4.83. The largest absolute Gasteiger partial charge is 0.379 e. The number of carbonyl (C=O) groups excluding carboxylic acids is 1. The lowest BCUT2D eigenvalue weighted by Gasteiger charge is -2.25. The second-order valence-electron chi connectivity index (χ2n) is 6.71. The fourth-order valence-corrected chi connectivity index (χ4v) is 7.44. The normalized spacial score (nSPS) is 20.5. The lowest BCUT2D eigenvalue weighted by molar-refractivity contribution is -0.121. The summed E-state index contributed by atoms with van der Waals surface area (Å²) in [7, 11) is -3.51. The first-order valence-corrected chi connectivity index (χ1v) is 12.5. The highest BCUT2D eigenvalue weighted by Crippen LogP contribution is 2.36. The number of nitrogens with zero attached hydrogens (tertiary/aromatic N) is 1. The average Bonchev–Trinajstić information content (AvgIpc) is 3.18. The van der Waals surface area contributed by atoms with Crippen molar-refractivity contribution in [2.75, 3.05) is 32.1 Å². The summed E-state index contributed by atoms with van der Waals surface area (Å²) in [4.78, 5) is 14.5. The van der Waals surface area contributed by atoms with Crippen LogP contribution in [0, 0.1) is 0 Å². The predicted octanol–water partition coefficient (Wildman–Crippen LogP) is 2.66. The molecule has 2 aliphatic heterocycles. The van der Waals surface area contributed by atoms with Crippen LogP contribution in [-0.4, -0.2) is 50.7 Å². The number of rotatable bonds is 5. The standard InChI is InChI=1S/C19H22N2O4S3/c22-18(20-16-7-12-26-17-4-2-1-3-15(16)17)13-14-5-6-19(27-14)28(23,24)21-8-10-25-11-9-21/h1-6,16H,7-13H2,(H,20,22)/t16-/m1/s1. The number of fused-ring (bicyclic) bond motifs is 1. The van der Waals surface area contributed by atoms with Gasteiger partial charge < -0.3 is 10.1 Å². The topological polar surface area (TPSA) is 75.7 Å². The van der Waals surface area contributed by atoms with Crippen LogP contribution in [0.15, 0.2) is 45.5 Å². The van der Waals surface area contributed by atoms with Crippen molar-refractivity contribution in [3.8, 4) is 0 Å². The number of thioether (sulfide) groups is 1. The summed E-state index contributed by atoms with van der Waals surface area (Å²) in [6.07, 6.45) is 1.09. The van der Waals surface area contributed by atoms with Crippen LogP contribution in [0.25, 0.3) is 0 Å². The van der Waals surface area contributed by atoms with Crippen molar-refractivity contribution in [2.45, 2.75) is 28.0 Å². The predicted molar refractivity (Wildman–Crippen MR) is 110 cm³/mol. The molecule has 1 amide bonds. The van der Waals surface area contributed by atoms with Crippen molar-refractivity contribution in [2.24, 2.45) is 0 Å². The molecule has 1 aromatic carbocycles. The Morgan fingerprint density at radius 3 is 2.79 bits per heavy atom. The van der Waals surface area contributed by atoms with Gasteiger partial charge in [-0.3, -0.25) is 4.79 Å². The second-order valence-corrected chi connectivity index (χ2v) is 11.2. The van der Waals surface area contributed by atoms with Crippen LogP contribution in [0.3, 0.4) is 0 Å². The van der Waals surface area contributed by atoms with Gasteiger partial charge in [-0.25, -0.2) is 8.42 Å². The van der Waals surface area contributed by atoms with Crippen LogP contribution in [0.2, 0.25) is 0 Å². The third-order valence-corrected chi connectivity index (χ3v) is 9.40. The first-order valence-electron chi connectivity index (χ1n) is 9.22. The molecule has 0 saturated carbocycles. The number of carbonyl (C=O) groups is 1. The number of hydrogen-bond donors (Lipinski definition) is 1. The van der Waals surface area contributed by atoms with Crippen molar-refractivity contribution in [1.29, 1.82) is 0 Å². The molecular weight excluding hydrogens is 416 g/mol. The van der Waals surface area contributed by atoms with Gasteiger partial charge in [-0.15, -0.1) is 23.1 Å². The summed E-state index contributed by atoms with van der Waals surface area (Å²) in [5.41, 5.74) is 1.16. The van der Waals surface area contributed by atoms with Crippen LogP contribution in [0.1, 0.15) is 22.9 Å². The Morgan fingerprint density at radius 1 is 1.18 bits per heavy atom. The molecular formula is C19H22N2O4S3. The van der Waals surface area contributed by atoms with Crippen molar-refractivity contribution in [3.63, 3.8) is 0 Å². The zero-order chi connectivity index (χ0) is 19.6. The molecule has 1 atom stereocenters. The molecule has 2 aliphatic rings. The molecule has 4 rings (SSSR count). The highest BCUT2D eigenvalue weighted by Gasteiger charge is 2.28. The molecule has 2 aromatic rings. The molecule has 3 heterocycles. The number of sulfonamides is 1. The number of morpholine rings is 1. The molecule has 1 N–H and O–H groups in total. The van der Waals surface area contributed by atoms with Gasteiger partial charge in [0.1, 0.15) is 4.21 Å². The minimum Gasteiger partial charge on any atom is -0.379 e. The third kappa shape index (κ3) is 4.28. The number of amides is 1. The number of thiophene rings is 1. The molecule has 1 saturated heterocycles. The van der Waals surface area contributed by atoms with Crippen molar-refractivity contribution in [1.82, 2.24) is 9.62 Å². The lowest BCUT2D eigenvalue weighted by Crippen LogP contribution is -2.40. The zero-order valence-electron chi connectivity index (χ0n) is 15.3. The van der Waals surface area contributed by atoms with E-state index in [0.29, 0.717) is 26.3 Å². The molecule has 0 spiro atoms. The molecule has 1 fully saturated rings. The highest BCUT2D eigenvalue weighted by atomic mass is 32.2. The van der Waals surface area contributed by atoms with E-state index in [9.17, 15) is 13.2 Å². The fourth-order valence-electron chi connectivity index (χ4n) is 3.40. The van der Waals surface area contributed by atoms with Gasteiger partial charge in [0.15, 0.2) is 0 Å². The lowest BCUT2D eigenvalue weighted by atomic mass is 10.0. The second kappa shape index (κ2) is 8.54.